The van der Waals surface area contributed by atoms with Gasteiger partial charge in [-0.25, -0.2) is 0 Å². The van der Waals surface area contributed by atoms with E-state index >= 15 is 0 Å². The second-order valence-electron chi connectivity index (χ2n) is 3.84. The highest BCUT2D eigenvalue weighted by atomic mass is 16.6. The van der Waals surface area contributed by atoms with Gasteiger partial charge in [-0.1, -0.05) is 0 Å². The van der Waals surface area contributed by atoms with Gasteiger partial charge in [0.15, 0.2) is 0 Å². The van der Waals surface area contributed by atoms with Crippen LogP contribution in [0.4, 0.5) is 11.4 Å². The third-order valence-electron chi connectivity index (χ3n) is 2.52. The Balaban J connectivity index is 2.07. The number of rotatable bonds is 4. The van der Waals surface area contributed by atoms with Crippen LogP contribution in [-0.4, -0.2) is 10.8 Å². The molecule has 19 heavy (non-hydrogen) atoms. The van der Waals surface area contributed by atoms with E-state index in [2.05, 4.69) is 5.32 Å². The van der Waals surface area contributed by atoms with Crippen LogP contribution in [0.25, 0.3) is 0 Å². The quantitative estimate of drug-likeness (QED) is 0.494. The monoisotopic (exact) mass is 261 g/mol. The lowest BCUT2D eigenvalue weighted by molar-refractivity contribution is -0.383. The number of benzene rings is 1. The lowest BCUT2D eigenvalue weighted by atomic mass is 10.1. The predicted octanol–water partition coefficient (Wildman–Crippen LogP) is 1.70. The number of carbonyl (C=O) groups excluding carboxylic acids is 1. The Morgan fingerprint density at radius 3 is 2.79 bits per heavy atom. The van der Waals surface area contributed by atoms with Gasteiger partial charge in [-0.2, -0.15) is 0 Å². The van der Waals surface area contributed by atoms with Crippen molar-refractivity contribution >= 4 is 17.3 Å². The SMILES string of the molecule is Nc1cc(C(=O)NCc2ccoc2)ccc1[N+](=O)[O-]. The molecule has 0 fully saturated rings. The highest BCUT2D eigenvalue weighted by Gasteiger charge is 2.14. The molecule has 1 amide bonds. The highest BCUT2D eigenvalue weighted by molar-refractivity contribution is 5.95. The average Bonchev–Trinajstić information content (AvgIpc) is 2.88. The van der Waals surface area contributed by atoms with Gasteiger partial charge in [-0.05, 0) is 18.2 Å². The number of nitro benzene ring substituents is 1. The first-order chi connectivity index (χ1) is 9.08. The van der Waals surface area contributed by atoms with Crippen molar-refractivity contribution in [3.8, 4) is 0 Å². The van der Waals surface area contributed by atoms with Gasteiger partial charge >= 0.3 is 0 Å². The fraction of sp³-hybridized carbons (Fsp3) is 0.0833. The Labute approximate surface area is 108 Å². The summed E-state index contributed by atoms with van der Waals surface area (Å²) in [4.78, 5) is 21.8. The van der Waals surface area contributed by atoms with Crippen LogP contribution in [0, 0.1) is 10.1 Å². The van der Waals surface area contributed by atoms with Gasteiger partial charge in [0, 0.05) is 23.7 Å². The van der Waals surface area contributed by atoms with E-state index in [4.69, 9.17) is 10.2 Å². The van der Waals surface area contributed by atoms with Crippen molar-refractivity contribution in [1.82, 2.24) is 5.32 Å². The Kier molecular flexibility index (Phi) is 3.46. The van der Waals surface area contributed by atoms with Gasteiger partial charge < -0.3 is 15.5 Å². The molecular formula is C12H11N3O4. The molecule has 1 aromatic heterocycles. The van der Waals surface area contributed by atoms with Crippen LogP contribution in [0.2, 0.25) is 0 Å². The van der Waals surface area contributed by atoms with E-state index in [0.717, 1.165) is 5.56 Å². The van der Waals surface area contributed by atoms with Crippen LogP contribution in [0.1, 0.15) is 15.9 Å². The van der Waals surface area contributed by atoms with Gasteiger partial charge in [0.05, 0.1) is 17.4 Å². The van der Waals surface area contributed by atoms with Gasteiger partial charge in [0.25, 0.3) is 11.6 Å². The molecule has 1 aromatic carbocycles. The molecule has 98 valence electrons. The van der Waals surface area contributed by atoms with E-state index in [0.29, 0.717) is 6.54 Å². The number of furan rings is 1. The van der Waals surface area contributed by atoms with E-state index in [9.17, 15) is 14.9 Å². The van der Waals surface area contributed by atoms with Gasteiger partial charge in [0.1, 0.15) is 5.69 Å². The van der Waals surface area contributed by atoms with Gasteiger partial charge in [-0.15, -0.1) is 0 Å². The molecule has 0 saturated carbocycles. The first kappa shape index (κ1) is 12.6. The number of nitrogens with zero attached hydrogens (tertiary/aromatic N) is 1. The highest BCUT2D eigenvalue weighted by Crippen LogP contribution is 2.21. The third-order valence-corrected chi connectivity index (χ3v) is 2.52. The summed E-state index contributed by atoms with van der Waals surface area (Å²) in [7, 11) is 0. The maximum absolute atomic E-state index is 11.8. The summed E-state index contributed by atoms with van der Waals surface area (Å²) in [5.41, 5.74) is 6.35. The lowest BCUT2D eigenvalue weighted by Crippen LogP contribution is -2.22. The molecule has 2 aromatic rings. The number of nitro groups is 1. The normalized spacial score (nSPS) is 10.1. The molecule has 0 aliphatic carbocycles. The Hall–Kier alpha value is -2.83. The van der Waals surface area contributed by atoms with Crippen LogP contribution in [0.15, 0.2) is 41.2 Å². The summed E-state index contributed by atoms with van der Waals surface area (Å²) in [6, 6.07) is 5.58. The summed E-state index contributed by atoms with van der Waals surface area (Å²) >= 11 is 0. The van der Waals surface area contributed by atoms with Crippen LogP contribution in [0.5, 0.6) is 0 Å². The van der Waals surface area contributed by atoms with E-state index in [-0.39, 0.29) is 22.8 Å². The van der Waals surface area contributed by atoms with E-state index in [1.54, 1.807) is 6.07 Å². The summed E-state index contributed by atoms with van der Waals surface area (Å²) < 4.78 is 4.87. The third kappa shape index (κ3) is 2.89. The van der Waals surface area contributed by atoms with Crippen LogP contribution < -0.4 is 11.1 Å². The number of nitrogens with one attached hydrogen (secondary N) is 1. The minimum atomic E-state index is -0.595. The van der Waals surface area contributed by atoms with Crippen molar-refractivity contribution < 1.29 is 14.1 Å². The number of nitrogen functional groups attached to an aromatic ring is 1. The van der Waals surface area contributed by atoms with Crippen molar-refractivity contribution in [2.24, 2.45) is 0 Å². The van der Waals surface area contributed by atoms with Crippen LogP contribution >= 0.6 is 0 Å². The molecule has 0 unspecified atom stereocenters. The molecule has 0 saturated heterocycles. The smallest absolute Gasteiger partial charge is 0.292 e. The largest absolute Gasteiger partial charge is 0.472 e. The zero-order valence-corrected chi connectivity index (χ0v) is 9.83. The summed E-state index contributed by atoms with van der Waals surface area (Å²) in [5.74, 6) is -0.359. The number of amides is 1. The molecule has 7 heteroatoms. The van der Waals surface area contributed by atoms with Crippen molar-refractivity contribution in [3.05, 3.63) is 58.0 Å². The van der Waals surface area contributed by atoms with Crippen molar-refractivity contribution in [2.45, 2.75) is 6.54 Å². The molecule has 2 rings (SSSR count). The van der Waals surface area contributed by atoms with E-state index < -0.39 is 4.92 Å². The fourth-order valence-electron chi connectivity index (χ4n) is 1.54. The number of hydrogen-bond acceptors (Lipinski definition) is 5. The number of anilines is 1. The van der Waals surface area contributed by atoms with Crippen LogP contribution in [-0.2, 0) is 6.54 Å². The lowest BCUT2D eigenvalue weighted by Gasteiger charge is -2.04. The Bertz CT molecular complexity index is 607. The van der Waals surface area contributed by atoms with E-state index in [1.165, 1.54) is 30.7 Å². The average molecular weight is 261 g/mol. The Morgan fingerprint density at radius 2 is 2.21 bits per heavy atom. The molecule has 3 N–H and O–H groups in total. The molecule has 0 atom stereocenters. The number of hydrogen-bond donors (Lipinski definition) is 2. The second kappa shape index (κ2) is 5.21. The second-order valence-corrected chi connectivity index (χ2v) is 3.84. The zero-order valence-electron chi connectivity index (χ0n) is 9.83. The molecule has 0 bridgehead atoms. The summed E-state index contributed by atoms with van der Waals surface area (Å²) in [6.45, 7) is 0.312. The van der Waals surface area contributed by atoms with Crippen molar-refractivity contribution in [2.75, 3.05) is 5.73 Å². The molecule has 1 heterocycles. The maximum atomic E-state index is 11.8. The first-order valence-corrected chi connectivity index (χ1v) is 5.41. The topological polar surface area (TPSA) is 111 Å². The molecule has 7 nitrogen and oxygen atoms in total. The van der Waals surface area contributed by atoms with Gasteiger partial charge in [-0.3, -0.25) is 14.9 Å². The van der Waals surface area contributed by atoms with Crippen molar-refractivity contribution in [3.63, 3.8) is 0 Å². The number of carbonyl (C=O) groups is 1. The van der Waals surface area contributed by atoms with Crippen molar-refractivity contribution in [1.29, 1.82) is 0 Å². The van der Waals surface area contributed by atoms with E-state index in [1.807, 2.05) is 0 Å². The predicted molar refractivity (Wildman–Crippen MR) is 67.4 cm³/mol. The molecule has 0 radical (unpaired) electrons. The van der Waals surface area contributed by atoms with Crippen LogP contribution in [0.3, 0.4) is 0 Å². The first-order valence-electron chi connectivity index (χ1n) is 5.41. The molecule has 0 aliphatic rings. The minimum Gasteiger partial charge on any atom is -0.472 e. The summed E-state index contributed by atoms with van der Waals surface area (Å²) in [5, 5.41) is 13.3. The molecule has 0 aliphatic heterocycles. The Morgan fingerprint density at radius 1 is 1.42 bits per heavy atom. The molecule has 0 spiro atoms. The minimum absolute atomic E-state index is 0.0408. The maximum Gasteiger partial charge on any atom is 0.292 e. The standard InChI is InChI=1S/C12H11N3O4/c13-10-5-9(1-2-11(10)15(17)18)12(16)14-6-8-3-4-19-7-8/h1-5,7H,6,13H2,(H,14,16). The fourth-order valence-corrected chi connectivity index (χ4v) is 1.54. The molecular weight excluding hydrogens is 250 g/mol. The van der Waals surface area contributed by atoms with Gasteiger partial charge in [0.2, 0.25) is 0 Å². The summed E-state index contributed by atoms with van der Waals surface area (Å²) in [6.07, 6.45) is 3.02. The zero-order chi connectivity index (χ0) is 13.8. The number of nitrogens with two attached hydrogens (primary N) is 1.